The number of rotatable bonds is 6. The molecule has 0 spiro atoms. The van der Waals surface area contributed by atoms with Crippen LogP contribution >= 0.6 is 0 Å². The number of hydrogen-bond acceptors (Lipinski definition) is 3. The number of urea groups is 1. The fourth-order valence-corrected chi connectivity index (χ4v) is 1.57. The first kappa shape index (κ1) is 16.7. The summed E-state index contributed by atoms with van der Waals surface area (Å²) in [5.41, 5.74) is -1.25. The Labute approximate surface area is 108 Å². The molecule has 0 aromatic heterocycles. The minimum absolute atomic E-state index is 0.317. The maximum absolute atomic E-state index is 12.1. The zero-order valence-electron chi connectivity index (χ0n) is 11.8. The summed E-state index contributed by atoms with van der Waals surface area (Å²) in [6.45, 7) is 7.10. The maximum atomic E-state index is 12.1. The molecule has 18 heavy (non-hydrogen) atoms. The molecule has 0 aliphatic rings. The van der Waals surface area contributed by atoms with Gasteiger partial charge in [-0.15, -0.1) is 0 Å². The van der Waals surface area contributed by atoms with E-state index in [4.69, 9.17) is 5.11 Å². The van der Waals surface area contributed by atoms with Gasteiger partial charge in [0.05, 0.1) is 6.10 Å². The standard InChI is InChI=1S/C12H24N2O4/c1-6-14(12(3,4)10(16)17)11(18)13(5)8-7-9(2)15/h9,15H,6-8H2,1-5H3,(H,16,17). The monoisotopic (exact) mass is 260 g/mol. The molecule has 2 N–H and O–H groups in total. The molecule has 0 saturated heterocycles. The number of carbonyl (C=O) groups is 2. The molecule has 1 unspecified atom stereocenters. The highest BCUT2D eigenvalue weighted by atomic mass is 16.4. The number of carboxylic acid groups (broad SMARTS) is 1. The zero-order valence-corrected chi connectivity index (χ0v) is 11.8. The van der Waals surface area contributed by atoms with Crippen LogP contribution in [0.3, 0.4) is 0 Å². The first-order chi connectivity index (χ1) is 8.14. The lowest BCUT2D eigenvalue weighted by atomic mass is 10.0. The van der Waals surface area contributed by atoms with Gasteiger partial charge < -0.3 is 20.0 Å². The number of aliphatic hydroxyl groups excluding tert-OH is 1. The number of carboxylic acids is 1. The summed E-state index contributed by atoms with van der Waals surface area (Å²) in [5, 5.41) is 18.3. The largest absolute Gasteiger partial charge is 0.480 e. The van der Waals surface area contributed by atoms with Crippen molar-refractivity contribution in [2.75, 3.05) is 20.1 Å². The fourth-order valence-electron chi connectivity index (χ4n) is 1.57. The van der Waals surface area contributed by atoms with E-state index in [1.165, 1.54) is 23.6 Å². The number of likely N-dealkylation sites (N-methyl/N-ethyl adjacent to an activating group) is 1. The molecular formula is C12H24N2O4. The van der Waals surface area contributed by atoms with Crippen LogP contribution in [0.15, 0.2) is 0 Å². The summed E-state index contributed by atoms with van der Waals surface area (Å²) in [7, 11) is 1.60. The van der Waals surface area contributed by atoms with Gasteiger partial charge in [0, 0.05) is 20.1 Å². The Balaban J connectivity index is 4.76. The molecule has 0 aromatic rings. The van der Waals surface area contributed by atoms with Gasteiger partial charge in [-0.1, -0.05) is 0 Å². The molecule has 0 aliphatic heterocycles. The molecule has 6 nitrogen and oxygen atoms in total. The van der Waals surface area contributed by atoms with E-state index in [2.05, 4.69) is 0 Å². The van der Waals surface area contributed by atoms with Crippen LogP contribution in [0.25, 0.3) is 0 Å². The maximum Gasteiger partial charge on any atom is 0.329 e. The van der Waals surface area contributed by atoms with Crippen molar-refractivity contribution in [1.82, 2.24) is 9.80 Å². The fraction of sp³-hybridized carbons (Fsp3) is 0.833. The minimum atomic E-state index is -1.25. The lowest BCUT2D eigenvalue weighted by Crippen LogP contribution is -2.56. The normalized spacial score (nSPS) is 13.0. The van der Waals surface area contributed by atoms with Gasteiger partial charge in [0.15, 0.2) is 0 Å². The number of nitrogens with zero attached hydrogens (tertiary/aromatic N) is 2. The van der Waals surface area contributed by atoms with E-state index in [9.17, 15) is 14.7 Å². The Kier molecular flexibility index (Phi) is 6.11. The third-order valence-corrected chi connectivity index (χ3v) is 2.95. The number of aliphatic carboxylic acids is 1. The van der Waals surface area contributed by atoms with Crippen molar-refractivity contribution in [3.63, 3.8) is 0 Å². The van der Waals surface area contributed by atoms with Crippen LogP contribution in [0, 0.1) is 0 Å². The van der Waals surface area contributed by atoms with Gasteiger partial charge in [-0.2, -0.15) is 0 Å². The second-order valence-electron chi connectivity index (χ2n) is 4.95. The van der Waals surface area contributed by atoms with Crippen LogP contribution in [0.2, 0.25) is 0 Å². The average Bonchev–Trinajstić information content (AvgIpc) is 2.25. The van der Waals surface area contributed by atoms with Crippen LogP contribution in [-0.4, -0.2) is 63.8 Å². The van der Waals surface area contributed by atoms with Crippen LogP contribution in [-0.2, 0) is 4.79 Å². The molecule has 106 valence electrons. The quantitative estimate of drug-likeness (QED) is 0.746. The van der Waals surface area contributed by atoms with E-state index in [-0.39, 0.29) is 6.03 Å². The number of hydrogen-bond donors (Lipinski definition) is 2. The van der Waals surface area contributed by atoms with E-state index in [0.29, 0.717) is 19.5 Å². The third-order valence-electron chi connectivity index (χ3n) is 2.95. The third kappa shape index (κ3) is 4.18. The van der Waals surface area contributed by atoms with Gasteiger partial charge in [-0.25, -0.2) is 9.59 Å². The Morgan fingerprint density at radius 2 is 1.83 bits per heavy atom. The van der Waals surface area contributed by atoms with Crippen molar-refractivity contribution in [1.29, 1.82) is 0 Å². The minimum Gasteiger partial charge on any atom is -0.480 e. The van der Waals surface area contributed by atoms with E-state index in [1.54, 1.807) is 20.9 Å². The van der Waals surface area contributed by atoms with Crippen molar-refractivity contribution in [3.8, 4) is 0 Å². The second-order valence-corrected chi connectivity index (χ2v) is 4.95. The SMILES string of the molecule is CCN(C(=O)N(C)CCC(C)O)C(C)(C)C(=O)O. The number of carbonyl (C=O) groups excluding carboxylic acids is 1. The molecule has 0 fully saturated rings. The van der Waals surface area contributed by atoms with Crippen molar-refractivity contribution in [3.05, 3.63) is 0 Å². The topological polar surface area (TPSA) is 81.1 Å². The summed E-state index contributed by atoms with van der Waals surface area (Å²) in [6.07, 6.45) is -0.0179. The summed E-state index contributed by atoms with van der Waals surface area (Å²) >= 11 is 0. The van der Waals surface area contributed by atoms with Gasteiger partial charge in [-0.3, -0.25) is 0 Å². The van der Waals surface area contributed by atoms with Crippen molar-refractivity contribution < 1.29 is 19.8 Å². The lowest BCUT2D eigenvalue weighted by Gasteiger charge is -2.37. The molecule has 0 bridgehead atoms. The molecule has 0 radical (unpaired) electrons. The van der Waals surface area contributed by atoms with Gasteiger partial charge in [-0.05, 0) is 34.1 Å². The van der Waals surface area contributed by atoms with Crippen molar-refractivity contribution in [2.45, 2.75) is 45.8 Å². The first-order valence-electron chi connectivity index (χ1n) is 6.08. The predicted octanol–water partition coefficient (Wildman–Crippen LogP) is 0.994. The molecule has 0 aromatic carbocycles. The Hall–Kier alpha value is -1.30. The van der Waals surface area contributed by atoms with Crippen molar-refractivity contribution in [2.24, 2.45) is 0 Å². The molecule has 0 saturated carbocycles. The first-order valence-corrected chi connectivity index (χ1v) is 6.08. The zero-order chi connectivity index (χ0) is 14.5. The molecule has 0 aliphatic carbocycles. The molecule has 2 amide bonds. The van der Waals surface area contributed by atoms with E-state index in [1.807, 2.05) is 0 Å². The highest BCUT2D eigenvalue weighted by Gasteiger charge is 2.38. The van der Waals surface area contributed by atoms with Crippen LogP contribution in [0.5, 0.6) is 0 Å². The lowest BCUT2D eigenvalue weighted by molar-refractivity contribution is -0.147. The van der Waals surface area contributed by atoms with Gasteiger partial charge >= 0.3 is 12.0 Å². The van der Waals surface area contributed by atoms with Crippen LogP contribution < -0.4 is 0 Å². The van der Waals surface area contributed by atoms with E-state index in [0.717, 1.165) is 0 Å². The highest BCUT2D eigenvalue weighted by Crippen LogP contribution is 2.16. The smallest absolute Gasteiger partial charge is 0.329 e. The van der Waals surface area contributed by atoms with Gasteiger partial charge in [0.25, 0.3) is 0 Å². The molecule has 0 heterocycles. The van der Waals surface area contributed by atoms with Gasteiger partial charge in [0.1, 0.15) is 5.54 Å². The number of amides is 2. The molecular weight excluding hydrogens is 236 g/mol. The Bertz CT molecular complexity index is 302. The van der Waals surface area contributed by atoms with E-state index < -0.39 is 17.6 Å². The van der Waals surface area contributed by atoms with E-state index >= 15 is 0 Å². The van der Waals surface area contributed by atoms with Crippen LogP contribution in [0.1, 0.15) is 34.1 Å². The Morgan fingerprint density at radius 1 is 1.33 bits per heavy atom. The summed E-state index contributed by atoms with van der Waals surface area (Å²) in [4.78, 5) is 26.0. The molecule has 0 rings (SSSR count). The summed E-state index contributed by atoms with van der Waals surface area (Å²) < 4.78 is 0. The van der Waals surface area contributed by atoms with Crippen molar-refractivity contribution >= 4 is 12.0 Å². The predicted molar refractivity (Wildman–Crippen MR) is 68.4 cm³/mol. The summed E-state index contributed by atoms with van der Waals surface area (Å²) in [5.74, 6) is -1.04. The Morgan fingerprint density at radius 3 is 2.17 bits per heavy atom. The second kappa shape index (κ2) is 6.58. The summed E-state index contributed by atoms with van der Waals surface area (Å²) in [6, 6.07) is -0.342. The molecule has 6 heteroatoms. The number of aliphatic hydroxyl groups is 1. The highest BCUT2D eigenvalue weighted by molar-refractivity contribution is 5.85. The molecule has 1 atom stereocenters. The average molecular weight is 260 g/mol. The van der Waals surface area contributed by atoms with Crippen LogP contribution in [0.4, 0.5) is 4.79 Å². The van der Waals surface area contributed by atoms with Gasteiger partial charge in [0.2, 0.25) is 0 Å².